The van der Waals surface area contributed by atoms with E-state index in [0.717, 1.165) is 16.7 Å². The number of hydrogen-bond donors (Lipinski definition) is 1. The van der Waals surface area contributed by atoms with Gasteiger partial charge in [-0.3, -0.25) is 9.36 Å². The van der Waals surface area contributed by atoms with Crippen molar-refractivity contribution in [1.29, 1.82) is 0 Å². The molecular formula is C21H15N7O. The van der Waals surface area contributed by atoms with Gasteiger partial charge in [-0.1, -0.05) is 24.3 Å². The molecule has 0 radical (unpaired) electrons. The van der Waals surface area contributed by atoms with E-state index in [1.165, 1.54) is 11.0 Å². The Balaban J connectivity index is 1.40. The van der Waals surface area contributed by atoms with Gasteiger partial charge in [0, 0.05) is 11.4 Å². The Morgan fingerprint density at radius 2 is 1.66 bits per heavy atom. The van der Waals surface area contributed by atoms with Gasteiger partial charge in [0.25, 0.3) is 5.91 Å². The van der Waals surface area contributed by atoms with Gasteiger partial charge in [-0.2, -0.15) is 4.68 Å². The normalized spacial score (nSPS) is 10.9. The number of nitrogens with one attached hydrogen (secondary N) is 1. The molecule has 3 aromatic carbocycles. The van der Waals surface area contributed by atoms with Crippen molar-refractivity contribution in [3.8, 4) is 11.4 Å². The van der Waals surface area contributed by atoms with E-state index >= 15 is 0 Å². The molecule has 2 heterocycles. The Morgan fingerprint density at radius 3 is 2.48 bits per heavy atom. The van der Waals surface area contributed by atoms with E-state index in [1.807, 2.05) is 59.2 Å². The van der Waals surface area contributed by atoms with Crippen LogP contribution in [0.4, 0.5) is 5.69 Å². The molecule has 1 N–H and O–H groups in total. The van der Waals surface area contributed by atoms with Gasteiger partial charge in [-0.05, 0) is 59.0 Å². The fourth-order valence-corrected chi connectivity index (χ4v) is 3.21. The van der Waals surface area contributed by atoms with Crippen LogP contribution in [0.2, 0.25) is 0 Å². The molecule has 2 aromatic heterocycles. The topological polar surface area (TPSA) is 90.5 Å². The number of rotatable bonds is 4. The lowest BCUT2D eigenvalue weighted by molar-refractivity contribution is 0.102. The molecule has 5 aromatic rings. The van der Waals surface area contributed by atoms with Crippen molar-refractivity contribution in [2.45, 2.75) is 0 Å². The lowest BCUT2D eigenvalue weighted by atomic mass is 10.1. The fourth-order valence-electron chi connectivity index (χ4n) is 3.21. The molecule has 1 amide bonds. The Labute approximate surface area is 165 Å². The van der Waals surface area contributed by atoms with E-state index in [2.05, 4.69) is 25.8 Å². The van der Waals surface area contributed by atoms with Gasteiger partial charge < -0.3 is 5.32 Å². The minimum absolute atomic E-state index is 0.239. The zero-order valence-corrected chi connectivity index (χ0v) is 15.2. The predicted molar refractivity (Wildman–Crippen MR) is 108 cm³/mol. The summed E-state index contributed by atoms with van der Waals surface area (Å²) in [6, 6.07) is 22.7. The Kier molecular flexibility index (Phi) is 4.06. The van der Waals surface area contributed by atoms with Crippen LogP contribution in [0.1, 0.15) is 10.4 Å². The minimum atomic E-state index is -0.239. The molecule has 0 saturated heterocycles. The maximum absolute atomic E-state index is 12.8. The van der Waals surface area contributed by atoms with Crippen LogP contribution in [-0.2, 0) is 0 Å². The predicted octanol–water partition coefficient (Wildman–Crippen LogP) is 3.25. The third-order valence-corrected chi connectivity index (χ3v) is 4.60. The average molecular weight is 381 g/mol. The second kappa shape index (κ2) is 7.01. The molecule has 0 aliphatic rings. The molecule has 0 fully saturated rings. The number of imidazole rings is 1. The fraction of sp³-hybridized carbons (Fsp3) is 0. The van der Waals surface area contributed by atoms with Crippen molar-refractivity contribution in [2.24, 2.45) is 0 Å². The third kappa shape index (κ3) is 3.12. The standard InChI is InChI=1S/C21H15N7O/c29-21(17-5-1-3-7-19(17)28-14-23-25-26-28)24-15-9-11-16(12-10-15)27-13-22-18-6-2-4-8-20(18)27/h1-14H,(H,24,29). The van der Waals surface area contributed by atoms with Crippen LogP contribution in [0.3, 0.4) is 0 Å². The van der Waals surface area contributed by atoms with Crippen LogP contribution in [-0.4, -0.2) is 35.7 Å². The largest absolute Gasteiger partial charge is 0.322 e. The van der Waals surface area contributed by atoms with Crippen molar-refractivity contribution in [3.63, 3.8) is 0 Å². The first-order chi connectivity index (χ1) is 14.3. The molecule has 0 bridgehead atoms. The minimum Gasteiger partial charge on any atom is -0.322 e. The molecule has 8 heteroatoms. The summed E-state index contributed by atoms with van der Waals surface area (Å²) in [5, 5.41) is 14.1. The molecule has 0 aliphatic carbocycles. The monoisotopic (exact) mass is 381 g/mol. The molecule has 0 aliphatic heterocycles. The highest BCUT2D eigenvalue weighted by Gasteiger charge is 2.13. The first kappa shape index (κ1) is 16.8. The summed E-state index contributed by atoms with van der Waals surface area (Å²) in [4.78, 5) is 17.2. The Hall–Kier alpha value is -4.33. The van der Waals surface area contributed by atoms with Crippen molar-refractivity contribution in [3.05, 3.63) is 91.0 Å². The molecule has 0 atom stereocenters. The molecule has 29 heavy (non-hydrogen) atoms. The average Bonchev–Trinajstić information content (AvgIpc) is 3.45. The smallest absolute Gasteiger partial charge is 0.257 e. The zero-order valence-electron chi connectivity index (χ0n) is 15.2. The lowest BCUT2D eigenvalue weighted by Crippen LogP contribution is -2.15. The first-order valence-electron chi connectivity index (χ1n) is 8.96. The van der Waals surface area contributed by atoms with Gasteiger partial charge in [0.15, 0.2) is 0 Å². The number of amides is 1. The molecule has 0 unspecified atom stereocenters. The number of hydrogen-bond acceptors (Lipinski definition) is 5. The summed E-state index contributed by atoms with van der Waals surface area (Å²) in [7, 11) is 0. The second-order valence-corrected chi connectivity index (χ2v) is 6.38. The van der Waals surface area contributed by atoms with Crippen molar-refractivity contribution in [1.82, 2.24) is 29.8 Å². The zero-order chi connectivity index (χ0) is 19.6. The highest BCUT2D eigenvalue weighted by molar-refractivity contribution is 6.06. The molecule has 0 saturated carbocycles. The van der Waals surface area contributed by atoms with E-state index < -0.39 is 0 Å². The van der Waals surface area contributed by atoms with Crippen LogP contribution in [0, 0.1) is 0 Å². The van der Waals surface area contributed by atoms with E-state index in [4.69, 9.17) is 0 Å². The van der Waals surface area contributed by atoms with Crippen LogP contribution in [0.25, 0.3) is 22.4 Å². The number of aromatic nitrogens is 6. The lowest BCUT2D eigenvalue weighted by Gasteiger charge is -2.10. The summed E-state index contributed by atoms with van der Waals surface area (Å²) in [5.41, 5.74) is 4.70. The highest BCUT2D eigenvalue weighted by atomic mass is 16.1. The summed E-state index contributed by atoms with van der Waals surface area (Å²) >= 11 is 0. The van der Waals surface area contributed by atoms with Crippen LogP contribution < -0.4 is 5.32 Å². The summed E-state index contributed by atoms with van der Waals surface area (Å²) in [6.07, 6.45) is 3.25. The number of anilines is 1. The number of tetrazole rings is 1. The summed E-state index contributed by atoms with van der Waals surface area (Å²) in [6.45, 7) is 0. The summed E-state index contributed by atoms with van der Waals surface area (Å²) < 4.78 is 3.47. The maximum atomic E-state index is 12.8. The van der Waals surface area contributed by atoms with Crippen LogP contribution >= 0.6 is 0 Å². The molecule has 140 valence electrons. The number of carbonyl (C=O) groups excluding carboxylic acids is 1. The summed E-state index contributed by atoms with van der Waals surface area (Å²) in [5.74, 6) is -0.239. The van der Waals surface area contributed by atoms with E-state index in [-0.39, 0.29) is 5.91 Å². The van der Waals surface area contributed by atoms with Gasteiger partial charge in [-0.25, -0.2) is 4.98 Å². The molecule has 5 rings (SSSR count). The molecule has 0 spiro atoms. The van der Waals surface area contributed by atoms with Gasteiger partial charge >= 0.3 is 0 Å². The van der Waals surface area contributed by atoms with Crippen LogP contribution in [0.5, 0.6) is 0 Å². The van der Waals surface area contributed by atoms with E-state index in [0.29, 0.717) is 16.9 Å². The molecular weight excluding hydrogens is 366 g/mol. The number of benzene rings is 3. The number of para-hydroxylation sites is 3. The number of carbonyl (C=O) groups is 1. The van der Waals surface area contributed by atoms with E-state index in [1.54, 1.807) is 24.5 Å². The maximum Gasteiger partial charge on any atom is 0.257 e. The SMILES string of the molecule is O=C(Nc1ccc(-n2cnc3ccccc32)cc1)c1ccccc1-n1cnnn1. The third-order valence-electron chi connectivity index (χ3n) is 4.60. The number of nitrogens with zero attached hydrogens (tertiary/aromatic N) is 6. The van der Waals surface area contributed by atoms with Gasteiger partial charge in [0.05, 0.1) is 22.3 Å². The van der Waals surface area contributed by atoms with Gasteiger partial charge in [0.1, 0.15) is 12.7 Å². The first-order valence-corrected chi connectivity index (χ1v) is 8.96. The van der Waals surface area contributed by atoms with Crippen molar-refractivity contribution < 1.29 is 4.79 Å². The van der Waals surface area contributed by atoms with Crippen LogP contribution in [0.15, 0.2) is 85.5 Å². The number of fused-ring (bicyclic) bond motifs is 1. The van der Waals surface area contributed by atoms with Gasteiger partial charge in [0.2, 0.25) is 0 Å². The van der Waals surface area contributed by atoms with Crippen molar-refractivity contribution in [2.75, 3.05) is 5.32 Å². The van der Waals surface area contributed by atoms with E-state index in [9.17, 15) is 4.79 Å². The Morgan fingerprint density at radius 1 is 0.862 bits per heavy atom. The van der Waals surface area contributed by atoms with Crippen molar-refractivity contribution >= 4 is 22.6 Å². The highest BCUT2D eigenvalue weighted by Crippen LogP contribution is 2.21. The molecule has 8 nitrogen and oxygen atoms in total. The second-order valence-electron chi connectivity index (χ2n) is 6.38. The van der Waals surface area contributed by atoms with Gasteiger partial charge in [-0.15, -0.1) is 5.10 Å². The quantitative estimate of drug-likeness (QED) is 0.516. The Bertz CT molecular complexity index is 1290.